The summed E-state index contributed by atoms with van der Waals surface area (Å²) in [6.45, 7) is 0. The topological polar surface area (TPSA) is 61.5 Å². The molecule has 0 fully saturated rings. The highest BCUT2D eigenvalue weighted by atomic mass is 16.6. The molecule has 4 nitrogen and oxygen atoms in total. The number of aryl methyl sites for hydroxylation is 1. The first-order chi connectivity index (χ1) is 7.20. The van der Waals surface area contributed by atoms with Crippen molar-refractivity contribution in [2.75, 3.05) is 12.8 Å². The lowest BCUT2D eigenvalue weighted by molar-refractivity contribution is -0.149. The van der Waals surface area contributed by atoms with Gasteiger partial charge in [0.05, 0.1) is 7.11 Å². The van der Waals surface area contributed by atoms with Crippen LogP contribution in [0.25, 0.3) is 0 Å². The number of carbonyl (C=O) groups is 1. The third kappa shape index (κ3) is 1.88. The van der Waals surface area contributed by atoms with Gasteiger partial charge in [-0.1, -0.05) is 0 Å². The summed E-state index contributed by atoms with van der Waals surface area (Å²) in [4.78, 5) is 11.3. The molecule has 15 heavy (non-hydrogen) atoms. The van der Waals surface area contributed by atoms with Gasteiger partial charge in [0.1, 0.15) is 5.75 Å². The zero-order chi connectivity index (χ0) is 10.8. The molecule has 0 bridgehead atoms. The van der Waals surface area contributed by atoms with Crippen molar-refractivity contribution in [1.82, 2.24) is 0 Å². The van der Waals surface area contributed by atoms with Crippen LogP contribution in [0.15, 0.2) is 18.2 Å². The van der Waals surface area contributed by atoms with Gasteiger partial charge in [0.2, 0.25) is 0 Å². The first-order valence-corrected chi connectivity index (χ1v) is 4.83. The summed E-state index contributed by atoms with van der Waals surface area (Å²) in [6, 6.07) is 5.43. The Morgan fingerprint density at radius 2 is 2.40 bits per heavy atom. The van der Waals surface area contributed by atoms with Crippen molar-refractivity contribution < 1.29 is 14.3 Å². The Balaban J connectivity index is 2.20. The Morgan fingerprint density at radius 3 is 3.13 bits per heavy atom. The number of nitrogen functional groups attached to an aromatic ring is 1. The second-order valence-corrected chi connectivity index (χ2v) is 3.54. The van der Waals surface area contributed by atoms with Crippen LogP contribution >= 0.6 is 0 Å². The first-order valence-electron chi connectivity index (χ1n) is 4.83. The number of anilines is 1. The van der Waals surface area contributed by atoms with Crippen molar-refractivity contribution in [3.63, 3.8) is 0 Å². The Hall–Kier alpha value is -1.71. The van der Waals surface area contributed by atoms with E-state index in [2.05, 4.69) is 4.74 Å². The van der Waals surface area contributed by atoms with Crippen molar-refractivity contribution in [2.24, 2.45) is 0 Å². The summed E-state index contributed by atoms with van der Waals surface area (Å²) in [6.07, 6.45) is 0.953. The third-order valence-electron chi connectivity index (χ3n) is 2.49. The fourth-order valence-electron chi connectivity index (χ4n) is 1.71. The van der Waals surface area contributed by atoms with Gasteiger partial charge in [-0.15, -0.1) is 0 Å². The van der Waals surface area contributed by atoms with Gasteiger partial charge in [-0.3, -0.25) is 0 Å². The molecule has 1 aliphatic heterocycles. The first kappa shape index (κ1) is 9.83. The van der Waals surface area contributed by atoms with E-state index in [1.54, 1.807) is 12.1 Å². The van der Waals surface area contributed by atoms with Crippen LogP contribution in [0.1, 0.15) is 12.0 Å². The zero-order valence-corrected chi connectivity index (χ0v) is 8.53. The van der Waals surface area contributed by atoms with Gasteiger partial charge in [-0.2, -0.15) is 0 Å². The molecule has 0 spiro atoms. The maximum absolute atomic E-state index is 11.3. The van der Waals surface area contributed by atoms with Crippen LogP contribution < -0.4 is 10.5 Å². The van der Waals surface area contributed by atoms with Crippen LogP contribution in [0.2, 0.25) is 0 Å². The SMILES string of the molecule is COC(=O)[C@H]1CCc2cc(N)ccc2O1. The summed E-state index contributed by atoms with van der Waals surface area (Å²) in [5.41, 5.74) is 7.42. The Morgan fingerprint density at radius 1 is 1.60 bits per heavy atom. The van der Waals surface area contributed by atoms with E-state index in [1.165, 1.54) is 7.11 Å². The van der Waals surface area contributed by atoms with Crippen molar-refractivity contribution in [2.45, 2.75) is 18.9 Å². The second kappa shape index (κ2) is 3.81. The monoisotopic (exact) mass is 207 g/mol. The number of carbonyl (C=O) groups excluding carboxylic acids is 1. The minimum Gasteiger partial charge on any atom is -0.478 e. The lowest BCUT2D eigenvalue weighted by atomic mass is 10.0. The lowest BCUT2D eigenvalue weighted by Gasteiger charge is -2.24. The molecule has 2 rings (SSSR count). The molecule has 1 aromatic carbocycles. The molecule has 1 aliphatic rings. The number of ether oxygens (including phenoxy) is 2. The molecule has 0 saturated carbocycles. The largest absolute Gasteiger partial charge is 0.478 e. The molecule has 4 heteroatoms. The van der Waals surface area contributed by atoms with E-state index in [4.69, 9.17) is 10.5 Å². The van der Waals surface area contributed by atoms with Crippen molar-refractivity contribution in [3.05, 3.63) is 23.8 Å². The number of rotatable bonds is 1. The normalized spacial score (nSPS) is 18.9. The molecule has 0 radical (unpaired) electrons. The molecule has 1 aromatic rings. The zero-order valence-electron chi connectivity index (χ0n) is 8.53. The molecular weight excluding hydrogens is 194 g/mol. The molecule has 1 atom stereocenters. The molecule has 0 aromatic heterocycles. The maximum atomic E-state index is 11.3. The van der Waals surface area contributed by atoms with Crippen molar-refractivity contribution in [1.29, 1.82) is 0 Å². The molecule has 0 saturated heterocycles. The van der Waals surface area contributed by atoms with Gasteiger partial charge in [-0.05, 0) is 36.6 Å². The van der Waals surface area contributed by atoms with E-state index < -0.39 is 6.10 Å². The summed E-state index contributed by atoms with van der Waals surface area (Å²) < 4.78 is 10.1. The number of hydrogen-bond donors (Lipinski definition) is 1. The van der Waals surface area contributed by atoms with Gasteiger partial charge >= 0.3 is 5.97 Å². The van der Waals surface area contributed by atoms with E-state index in [9.17, 15) is 4.79 Å². The number of fused-ring (bicyclic) bond motifs is 1. The highest BCUT2D eigenvalue weighted by Gasteiger charge is 2.26. The minimum atomic E-state index is -0.480. The van der Waals surface area contributed by atoms with Gasteiger partial charge in [0.25, 0.3) is 0 Å². The fourth-order valence-corrected chi connectivity index (χ4v) is 1.71. The van der Waals surface area contributed by atoms with E-state index in [1.807, 2.05) is 6.07 Å². The Labute approximate surface area is 88.0 Å². The molecular formula is C11H13NO3. The van der Waals surface area contributed by atoms with Crippen molar-refractivity contribution >= 4 is 11.7 Å². The Bertz CT molecular complexity index is 389. The van der Waals surface area contributed by atoms with Crippen LogP contribution in [0, 0.1) is 0 Å². The van der Waals surface area contributed by atoms with Gasteiger partial charge in [-0.25, -0.2) is 4.79 Å². The number of hydrogen-bond acceptors (Lipinski definition) is 4. The molecule has 0 aliphatic carbocycles. The molecule has 2 N–H and O–H groups in total. The summed E-state index contributed by atoms with van der Waals surface area (Å²) in [5, 5.41) is 0. The van der Waals surface area contributed by atoms with Crippen LogP contribution in [-0.4, -0.2) is 19.2 Å². The maximum Gasteiger partial charge on any atom is 0.347 e. The highest BCUT2D eigenvalue weighted by Crippen LogP contribution is 2.29. The number of benzene rings is 1. The predicted molar refractivity (Wildman–Crippen MR) is 55.6 cm³/mol. The smallest absolute Gasteiger partial charge is 0.347 e. The standard InChI is InChI=1S/C11H13NO3/c1-14-11(13)10-4-2-7-6-8(12)3-5-9(7)15-10/h3,5-6,10H,2,4,12H2,1H3/t10-/m1/s1. The predicted octanol–water partition coefficient (Wildman–Crippen LogP) is 1.14. The average Bonchev–Trinajstić information content (AvgIpc) is 2.27. The van der Waals surface area contributed by atoms with Crippen LogP contribution in [0.4, 0.5) is 5.69 Å². The molecule has 1 heterocycles. The van der Waals surface area contributed by atoms with Crippen molar-refractivity contribution in [3.8, 4) is 5.75 Å². The molecule has 0 amide bonds. The number of methoxy groups -OCH3 is 1. The fraction of sp³-hybridized carbons (Fsp3) is 0.364. The van der Waals surface area contributed by atoms with Gasteiger partial charge in [0.15, 0.2) is 6.10 Å². The highest BCUT2D eigenvalue weighted by molar-refractivity contribution is 5.75. The minimum absolute atomic E-state index is 0.322. The summed E-state index contributed by atoms with van der Waals surface area (Å²) in [5.74, 6) is 0.406. The lowest BCUT2D eigenvalue weighted by Crippen LogP contribution is -2.32. The van der Waals surface area contributed by atoms with Crippen LogP contribution in [-0.2, 0) is 16.0 Å². The number of esters is 1. The number of nitrogens with two attached hydrogens (primary N) is 1. The van der Waals surface area contributed by atoms with E-state index >= 15 is 0 Å². The summed E-state index contributed by atoms with van der Waals surface area (Å²) in [7, 11) is 1.37. The van der Waals surface area contributed by atoms with E-state index in [0.717, 1.165) is 17.7 Å². The van der Waals surface area contributed by atoms with Crippen LogP contribution in [0.3, 0.4) is 0 Å². The second-order valence-electron chi connectivity index (χ2n) is 3.54. The van der Waals surface area contributed by atoms with Gasteiger partial charge < -0.3 is 15.2 Å². The van der Waals surface area contributed by atoms with Gasteiger partial charge in [0, 0.05) is 5.69 Å². The van der Waals surface area contributed by atoms with Crippen LogP contribution in [0.5, 0.6) is 5.75 Å². The van der Waals surface area contributed by atoms with E-state index in [0.29, 0.717) is 12.1 Å². The van der Waals surface area contributed by atoms with E-state index in [-0.39, 0.29) is 5.97 Å². The molecule has 80 valence electrons. The quantitative estimate of drug-likeness (QED) is 0.554. The summed E-state index contributed by atoms with van der Waals surface area (Å²) >= 11 is 0. The average molecular weight is 207 g/mol. The molecule has 0 unspecified atom stereocenters. The third-order valence-corrected chi connectivity index (χ3v) is 2.49. The Kier molecular flexibility index (Phi) is 2.49.